The summed E-state index contributed by atoms with van der Waals surface area (Å²) in [5.41, 5.74) is 0. The van der Waals surface area contributed by atoms with Gasteiger partial charge in [0.25, 0.3) is 0 Å². The van der Waals surface area contributed by atoms with Gasteiger partial charge in [-0.1, -0.05) is 269 Å². The maximum absolute atomic E-state index is 13.5. The number of hydrogen-bond acceptors (Lipinski definition) is 6. The molecule has 0 bridgehead atoms. The highest BCUT2D eigenvalue weighted by Gasteiger charge is 2.30. The number of quaternary nitrogens is 1. The lowest BCUT2D eigenvalue weighted by molar-refractivity contribution is -0.870. The molecule has 0 aromatic rings. The predicted octanol–water partition coefficient (Wildman–Crippen LogP) is 20.5. The van der Waals surface area contributed by atoms with Gasteiger partial charge in [-0.2, -0.15) is 0 Å². The smallest absolute Gasteiger partial charge is 0.456 e. The van der Waals surface area contributed by atoms with E-state index in [1.165, 1.54) is 205 Å². The molecule has 0 aromatic carbocycles. The largest absolute Gasteiger partial charge is 0.472 e. The Morgan fingerprint density at radius 1 is 0.455 bits per heavy atom. The van der Waals surface area contributed by atoms with Crippen LogP contribution in [0.15, 0.2) is 48.6 Å². The number of unbranched alkanes of at least 4 members (excludes halogenated alkanes) is 39. The van der Waals surface area contributed by atoms with E-state index >= 15 is 0 Å². The average molecular weight is 1100 g/mol. The SMILES string of the molecule is CCCCC/C=C/C=C/CCCCCCCCC(=O)NC(COP(=O)(O)OCC[N+](C)(C)C)C(/C=C\CCCCCCCCCCCCC)OC(=O)CCCCCCCCCCCCCCC/C=C/CCCCCCCC. The van der Waals surface area contributed by atoms with Crippen LogP contribution in [-0.4, -0.2) is 74.3 Å². The fourth-order valence-corrected chi connectivity index (χ4v) is 10.4. The molecule has 1 amide bonds. The summed E-state index contributed by atoms with van der Waals surface area (Å²) >= 11 is 0. The first-order valence-corrected chi connectivity index (χ1v) is 34.5. The first kappa shape index (κ1) is 75.0. The number of likely N-dealkylation sites (N-methyl/N-ethyl adjacent to an activating group) is 1. The van der Waals surface area contributed by atoms with Crippen molar-refractivity contribution in [3.63, 3.8) is 0 Å². The Bertz CT molecular complexity index is 1460. The van der Waals surface area contributed by atoms with Gasteiger partial charge in [0, 0.05) is 12.8 Å². The first-order chi connectivity index (χ1) is 37.4. The van der Waals surface area contributed by atoms with Gasteiger partial charge in [-0.05, 0) is 83.1 Å². The summed E-state index contributed by atoms with van der Waals surface area (Å²) in [4.78, 5) is 37.8. The van der Waals surface area contributed by atoms with Crippen LogP contribution in [0.2, 0.25) is 0 Å². The summed E-state index contributed by atoms with van der Waals surface area (Å²) in [6, 6.07) is -0.853. The number of allylic oxidation sites excluding steroid dienone is 7. The summed E-state index contributed by atoms with van der Waals surface area (Å²) < 4.78 is 30.7. The van der Waals surface area contributed by atoms with Crippen molar-refractivity contribution in [2.45, 2.75) is 328 Å². The molecule has 0 saturated carbocycles. The lowest BCUT2D eigenvalue weighted by atomic mass is 10.0. The van der Waals surface area contributed by atoms with E-state index in [2.05, 4.69) is 62.5 Å². The predicted molar refractivity (Wildman–Crippen MR) is 332 cm³/mol. The molecule has 0 heterocycles. The van der Waals surface area contributed by atoms with Crippen LogP contribution >= 0.6 is 7.82 Å². The van der Waals surface area contributed by atoms with Gasteiger partial charge in [-0.25, -0.2) is 4.57 Å². The second-order valence-electron chi connectivity index (χ2n) is 23.7. The van der Waals surface area contributed by atoms with Crippen molar-refractivity contribution in [1.82, 2.24) is 5.32 Å². The van der Waals surface area contributed by atoms with Crippen molar-refractivity contribution in [3.05, 3.63) is 48.6 Å². The number of amides is 1. The Kier molecular flexibility index (Phi) is 55.7. The standard InChI is InChI=1S/C67H127N2O7P/c1-7-10-13-16-19-22-25-28-30-31-32-33-34-35-36-37-39-42-45-48-51-54-57-60-67(71)76-65(58-55-52-49-46-43-40-27-24-21-18-15-12-9-3)64(63-75-77(72,73)74-62-61-69(4,5)6)68-66(70)59-56-53-50-47-44-41-38-29-26-23-20-17-14-11-8-2/h20,23,26,28-30,55,58,64-65H,7-19,21-22,24-25,27,31-54,56-57,59-63H2,1-6H3,(H-,68,70,72,73)/p+1/b23-20+,29-26+,30-28+,58-55-. The van der Waals surface area contributed by atoms with Gasteiger partial charge >= 0.3 is 13.8 Å². The molecule has 0 rings (SSSR count). The number of carbonyl (C=O) groups excluding carboxylic acids is 2. The van der Waals surface area contributed by atoms with Gasteiger partial charge in [0.2, 0.25) is 5.91 Å². The highest BCUT2D eigenvalue weighted by molar-refractivity contribution is 7.47. The lowest BCUT2D eigenvalue weighted by Crippen LogP contribution is -2.47. The minimum atomic E-state index is -4.45. The van der Waals surface area contributed by atoms with Crippen molar-refractivity contribution in [3.8, 4) is 0 Å². The second kappa shape index (κ2) is 57.2. The molecular weight excluding hydrogens is 976 g/mol. The average Bonchev–Trinajstić information content (AvgIpc) is 3.39. The van der Waals surface area contributed by atoms with E-state index in [4.69, 9.17) is 13.8 Å². The van der Waals surface area contributed by atoms with Crippen molar-refractivity contribution < 1.29 is 37.3 Å². The van der Waals surface area contributed by atoms with Crippen LogP contribution in [-0.2, 0) is 27.9 Å². The zero-order valence-electron chi connectivity index (χ0n) is 51.7. The van der Waals surface area contributed by atoms with Crippen molar-refractivity contribution >= 4 is 19.7 Å². The molecule has 10 heteroatoms. The van der Waals surface area contributed by atoms with Gasteiger partial charge < -0.3 is 19.4 Å². The number of rotatable bonds is 60. The van der Waals surface area contributed by atoms with Crippen LogP contribution in [0.3, 0.4) is 0 Å². The zero-order valence-corrected chi connectivity index (χ0v) is 52.6. The molecule has 3 unspecified atom stereocenters. The third-order valence-corrected chi connectivity index (χ3v) is 15.8. The molecule has 0 fully saturated rings. The molecule has 0 spiro atoms. The normalized spacial score (nSPS) is 13.9. The Morgan fingerprint density at radius 2 is 0.792 bits per heavy atom. The van der Waals surface area contributed by atoms with Crippen molar-refractivity contribution in [2.75, 3.05) is 40.9 Å². The molecule has 0 radical (unpaired) electrons. The van der Waals surface area contributed by atoms with Crippen molar-refractivity contribution in [1.29, 1.82) is 0 Å². The third-order valence-electron chi connectivity index (χ3n) is 14.8. The maximum atomic E-state index is 13.5. The summed E-state index contributed by atoms with van der Waals surface area (Å²) in [5, 5.41) is 3.06. The monoisotopic (exact) mass is 1100 g/mol. The second-order valence-corrected chi connectivity index (χ2v) is 25.1. The summed E-state index contributed by atoms with van der Waals surface area (Å²) in [6.07, 6.45) is 71.1. The van der Waals surface area contributed by atoms with E-state index in [1.54, 1.807) is 0 Å². The van der Waals surface area contributed by atoms with Crippen molar-refractivity contribution in [2.24, 2.45) is 0 Å². The maximum Gasteiger partial charge on any atom is 0.472 e. The highest BCUT2D eigenvalue weighted by atomic mass is 31.2. The molecule has 2 N–H and O–H groups in total. The Hall–Kier alpha value is -2.03. The number of phosphoric ester groups is 1. The third kappa shape index (κ3) is 58.4. The number of nitrogens with zero attached hydrogens (tertiary/aromatic N) is 1. The zero-order chi connectivity index (χ0) is 56.4. The van der Waals surface area contributed by atoms with E-state index in [0.29, 0.717) is 23.9 Å². The Labute approximate surface area is 478 Å². The number of ether oxygens (including phenoxy) is 1. The number of nitrogens with one attached hydrogen (secondary N) is 1. The summed E-state index contributed by atoms with van der Waals surface area (Å²) in [5.74, 6) is -0.507. The Morgan fingerprint density at radius 3 is 1.21 bits per heavy atom. The topological polar surface area (TPSA) is 111 Å². The van der Waals surface area contributed by atoms with E-state index in [0.717, 1.165) is 77.0 Å². The van der Waals surface area contributed by atoms with Crippen LogP contribution in [0.1, 0.15) is 316 Å². The quantitative estimate of drug-likeness (QED) is 0.0156. The molecule has 0 aliphatic rings. The van der Waals surface area contributed by atoms with Crippen LogP contribution in [0.4, 0.5) is 0 Å². The molecule has 77 heavy (non-hydrogen) atoms. The molecule has 9 nitrogen and oxygen atoms in total. The molecule has 0 aliphatic heterocycles. The fourth-order valence-electron chi connectivity index (χ4n) is 9.63. The summed E-state index contributed by atoms with van der Waals surface area (Å²) in [7, 11) is 1.50. The molecule has 452 valence electrons. The van der Waals surface area contributed by atoms with Crippen LogP contribution in [0.5, 0.6) is 0 Å². The van der Waals surface area contributed by atoms with Gasteiger partial charge in [0.15, 0.2) is 0 Å². The minimum Gasteiger partial charge on any atom is -0.456 e. The van der Waals surface area contributed by atoms with E-state index in [1.807, 2.05) is 33.3 Å². The molecule has 0 aromatic heterocycles. The van der Waals surface area contributed by atoms with Gasteiger partial charge in [0.05, 0.1) is 33.8 Å². The van der Waals surface area contributed by atoms with Crippen LogP contribution in [0, 0.1) is 0 Å². The molecule has 0 saturated heterocycles. The van der Waals surface area contributed by atoms with E-state index in [9.17, 15) is 19.0 Å². The van der Waals surface area contributed by atoms with Crippen LogP contribution < -0.4 is 5.32 Å². The van der Waals surface area contributed by atoms with Gasteiger partial charge in [-0.3, -0.25) is 18.6 Å². The number of hydrogen-bond donors (Lipinski definition) is 2. The van der Waals surface area contributed by atoms with Crippen LogP contribution in [0.25, 0.3) is 0 Å². The van der Waals surface area contributed by atoms with E-state index < -0.39 is 20.0 Å². The number of carbonyl (C=O) groups is 2. The number of phosphoric acid groups is 1. The highest BCUT2D eigenvalue weighted by Crippen LogP contribution is 2.43. The van der Waals surface area contributed by atoms with Gasteiger partial charge in [0.1, 0.15) is 19.3 Å². The molecule has 3 atom stereocenters. The Balaban J connectivity index is 5.16. The minimum absolute atomic E-state index is 0.0385. The fraction of sp³-hybridized carbons (Fsp3) is 0.851. The lowest BCUT2D eigenvalue weighted by Gasteiger charge is -2.27. The summed E-state index contributed by atoms with van der Waals surface area (Å²) in [6.45, 7) is 7.00. The molecular formula is C67H128N2O7P+. The first-order valence-electron chi connectivity index (χ1n) is 33.0. The number of esters is 1. The molecule has 0 aliphatic carbocycles. The van der Waals surface area contributed by atoms with Gasteiger partial charge in [-0.15, -0.1) is 0 Å². The van der Waals surface area contributed by atoms with E-state index in [-0.39, 0.29) is 25.1 Å².